The van der Waals surface area contributed by atoms with E-state index in [1.54, 1.807) is 25.1 Å². The van der Waals surface area contributed by atoms with Crippen molar-refractivity contribution in [3.63, 3.8) is 0 Å². The van der Waals surface area contributed by atoms with E-state index in [2.05, 4.69) is 4.72 Å². The van der Waals surface area contributed by atoms with E-state index in [4.69, 9.17) is 5.73 Å². The van der Waals surface area contributed by atoms with Gasteiger partial charge in [0.2, 0.25) is 0 Å². The van der Waals surface area contributed by atoms with Crippen molar-refractivity contribution in [2.24, 2.45) is 0 Å². The van der Waals surface area contributed by atoms with Gasteiger partial charge in [-0.3, -0.25) is 4.72 Å². The van der Waals surface area contributed by atoms with Crippen molar-refractivity contribution in [2.45, 2.75) is 11.8 Å². The number of halogens is 1. The van der Waals surface area contributed by atoms with E-state index >= 15 is 0 Å². The fourth-order valence-corrected chi connectivity index (χ4v) is 3.00. The van der Waals surface area contributed by atoms with Gasteiger partial charge in [-0.2, -0.15) is 0 Å². The molecule has 19 heavy (non-hydrogen) atoms. The fraction of sp³-hybridized carbons (Fsp3) is 0.0769. The van der Waals surface area contributed by atoms with Gasteiger partial charge >= 0.3 is 0 Å². The molecule has 2 aromatic carbocycles. The molecule has 4 nitrogen and oxygen atoms in total. The van der Waals surface area contributed by atoms with Crippen molar-refractivity contribution in [3.8, 4) is 0 Å². The van der Waals surface area contributed by atoms with Gasteiger partial charge in [0.05, 0.1) is 16.3 Å². The first-order valence-electron chi connectivity index (χ1n) is 5.53. The Balaban J connectivity index is 2.43. The van der Waals surface area contributed by atoms with Gasteiger partial charge in [-0.25, -0.2) is 12.8 Å². The Bertz CT molecular complexity index is 714. The second-order valence-corrected chi connectivity index (χ2v) is 5.75. The van der Waals surface area contributed by atoms with Crippen LogP contribution < -0.4 is 10.5 Å². The third-order valence-electron chi connectivity index (χ3n) is 2.64. The van der Waals surface area contributed by atoms with Crippen molar-refractivity contribution in [3.05, 3.63) is 53.8 Å². The topological polar surface area (TPSA) is 72.2 Å². The summed E-state index contributed by atoms with van der Waals surface area (Å²) in [4.78, 5) is 0.138. The highest BCUT2D eigenvalue weighted by atomic mass is 32.2. The second kappa shape index (κ2) is 4.89. The summed E-state index contributed by atoms with van der Waals surface area (Å²) in [5.74, 6) is -0.559. The molecule has 0 heterocycles. The lowest BCUT2D eigenvalue weighted by atomic mass is 10.2. The maximum atomic E-state index is 13.1. The molecule has 3 N–H and O–H groups in total. The van der Waals surface area contributed by atoms with Crippen LogP contribution in [0.5, 0.6) is 0 Å². The molecule has 0 spiro atoms. The van der Waals surface area contributed by atoms with Gasteiger partial charge in [0.15, 0.2) is 0 Å². The highest BCUT2D eigenvalue weighted by Gasteiger charge is 2.17. The molecule has 0 radical (unpaired) electrons. The fourth-order valence-electron chi connectivity index (χ4n) is 1.67. The molecule has 0 aliphatic rings. The Morgan fingerprint density at radius 3 is 2.53 bits per heavy atom. The molecule has 0 aliphatic carbocycles. The van der Waals surface area contributed by atoms with E-state index in [1.807, 2.05) is 0 Å². The molecule has 0 aliphatic heterocycles. The van der Waals surface area contributed by atoms with E-state index in [1.165, 1.54) is 18.2 Å². The molecule has 0 atom stereocenters. The third-order valence-corrected chi connectivity index (χ3v) is 4.17. The molecule has 0 aromatic heterocycles. The van der Waals surface area contributed by atoms with Gasteiger partial charge in [0.1, 0.15) is 5.82 Å². The van der Waals surface area contributed by atoms with Crippen LogP contribution in [-0.2, 0) is 10.0 Å². The van der Waals surface area contributed by atoms with Crippen molar-refractivity contribution >= 4 is 21.4 Å². The Morgan fingerprint density at radius 2 is 1.84 bits per heavy atom. The summed E-state index contributed by atoms with van der Waals surface area (Å²) in [7, 11) is -3.78. The number of nitrogen functional groups attached to an aromatic ring is 1. The minimum Gasteiger partial charge on any atom is -0.397 e. The monoisotopic (exact) mass is 280 g/mol. The summed E-state index contributed by atoms with van der Waals surface area (Å²) in [5, 5.41) is 0. The largest absolute Gasteiger partial charge is 0.397 e. The van der Waals surface area contributed by atoms with Crippen LogP contribution in [0.1, 0.15) is 5.56 Å². The lowest BCUT2D eigenvalue weighted by Gasteiger charge is -2.12. The van der Waals surface area contributed by atoms with Crippen LogP contribution in [0, 0.1) is 12.7 Å². The summed E-state index contributed by atoms with van der Waals surface area (Å²) < 4.78 is 39.8. The number of nitrogens with two attached hydrogens (primary N) is 1. The molecular formula is C13H13FN2O2S. The van der Waals surface area contributed by atoms with Gasteiger partial charge in [0.25, 0.3) is 10.0 Å². The molecule has 0 amide bonds. The number of benzene rings is 2. The van der Waals surface area contributed by atoms with Gasteiger partial charge in [-0.1, -0.05) is 18.2 Å². The Kier molecular flexibility index (Phi) is 3.44. The lowest BCUT2D eigenvalue weighted by Crippen LogP contribution is -2.15. The predicted octanol–water partition coefficient (Wildman–Crippen LogP) is 2.52. The van der Waals surface area contributed by atoms with Crippen molar-refractivity contribution < 1.29 is 12.8 Å². The van der Waals surface area contributed by atoms with Crippen LogP contribution in [-0.4, -0.2) is 8.42 Å². The minimum absolute atomic E-state index is 0.0308. The molecule has 2 aromatic rings. The number of rotatable bonds is 3. The van der Waals surface area contributed by atoms with E-state index in [0.717, 1.165) is 6.07 Å². The van der Waals surface area contributed by atoms with Crippen molar-refractivity contribution in [1.82, 2.24) is 0 Å². The number of anilines is 2. The van der Waals surface area contributed by atoms with Gasteiger partial charge in [0, 0.05) is 6.07 Å². The molecule has 0 unspecified atom stereocenters. The van der Waals surface area contributed by atoms with Crippen LogP contribution in [0.15, 0.2) is 47.4 Å². The third kappa shape index (κ3) is 2.85. The minimum atomic E-state index is -3.78. The zero-order chi connectivity index (χ0) is 14.0. The number of hydrogen-bond donors (Lipinski definition) is 2. The second-order valence-electron chi connectivity index (χ2n) is 4.10. The molecule has 6 heteroatoms. The average Bonchev–Trinajstić information content (AvgIpc) is 2.34. The van der Waals surface area contributed by atoms with Crippen LogP contribution in [0.25, 0.3) is 0 Å². The van der Waals surface area contributed by atoms with Crippen LogP contribution in [0.4, 0.5) is 15.8 Å². The Labute approximate surface area is 111 Å². The van der Waals surface area contributed by atoms with Gasteiger partial charge in [-0.05, 0) is 30.7 Å². The Hall–Kier alpha value is -2.08. The van der Waals surface area contributed by atoms with E-state index < -0.39 is 15.8 Å². The molecule has 0 fully saturated rings. The first kappa shape index (κ1) is 13.4. The highest BCUT2D eigenvalue weighted by Crippen LogP contribution is 2.24. The summed E-state index contributed by atoms with van der Waals surface area (Å²) >= 11 is 0. The normalized spacial score (nSPS) is 11.3. The van der Waals surface area contributed by atoms with E-state index in [-0.39, 0.29) is 16.3 Å². The molecule has 0 bridgehead atoms. The Morgan fingerprint density at radius 1 is 1.16 bits per heavy atom. The molecular weight excluding hydrogens is 267 g/mol. The molecule has 0 saturated carbocycles. The highest BCUT2D eigenvalue weighted by molar-refractivity contribution is 7.92. The SMILES string of the molecule is Cc1ccccc1S(=O)(=O)Nc1cc(F)ccc1N. The van der Waals surface area contributed by atoms with Crippen LogP contribution in [0.2, 0.25) is 0 Å². The van der Waals surface area contributed by atoms with Crippen molar-refractivity contribution in [1.29, 1.82) is 0 Å². The number of sulfonamides is 1. The van der Waals surface area contributed by atoms with Crippen molar-refractivity contribution in [2.75, 3.05) is 10.5 Å². The zero-order valence-corrected chi connectivity index (χ0v) is 11.0. The van der Waals surface area contributed by atoms with Gasteiger partial charge < -0.3 is 5.73 Å². The summed E-state index contributed by atoms with van der Waals surface area (Å²) in [6, 6.07) is 10.1. The predicted molar refractivity (Wildman–Crippen MR) is 72.8 cm³/mol. The van der Waals surface area contributed by atoms with Crippen LogP contribution in [0.3, 0.4) is 0 Å². The number of aryl methyl sites for hydroxylation is 1. The molecule has 2 rings (SSSR count). The zero-order valence-electron chi connectivity index (χ0n) is 10.2. The summed E-state index contributed by atoms with van der Waals surface area (Å²) in [5.41, 5.74) is 6.42. The maximum absolute atomic E-state index is 13.1. The molecule has 0 saturated heterocycles. The quantitative estimate of drug-likeness (QED) is 0.848. The first-order valence-corrected chi connectivity index (χ1v) is 7.02. The van der Waals surface area contributed by atoms with E-state index in [0.29, 0.717) is 5.56 Å². The first-order chi connectivity index (χ1) is 8.90. The van der Waals surface area contributed by atoms with E-state index in [9.17, 15) is 12.8 Å². The van der Waals surface area contributed by atoms with Gasteiger partial charge in [-0.15, -0.1) is 0 Å². The standard InChI is InChI=1S/C13H13FN2O2S/c1-9-4-2-3-5-13(9)19(17,18)16-12-8-10(14)6-7-11(12)15/h2-8,16H,15H2,1H3. The smallest absolute Gasteiger partial charge is 0.262 e. The summed E-state index contributed by atoms with van der Waals surface area (Å²) in [6.07, 6.45) is 0. The average molecular weight is 280 g/mol. The lowest BCUT2D eigenvalue weighted by molar-refractivity contribution is 0.600. The number of nitrogens with one attached hydrogen (secondary N) is 1. The summed E-state index contributed by atoms with van der Waals surface area (Å²) in [6.45, 7) is 1.68. The van der Waals surface area contributed by atoms with Crippen LogP contribution >= 0.6 is 0 Å². The maximum Gasteiger partial charge on any atom is 0.262 e. The number of hydrogen-bond acceptors (Lipinski definition) is 3. The molecule has 100 valence electrons.